The molecule has 0 spiro atoms. The molecule has 3 atom stereocenters. The predicted octanol–water partition coefficient (Wildman–Crippen LogP) is 5.45. The molecule has 1 aliphatic carbocycles. The number of halogens is 1. The quantitative estimate of drug-likeness (QED) is 0.440. The molecule has 0 saturated carbocycles. The first-order valence-electron chi connectivity index (χ1n) is 10.7. The molecule has 1 N–H and O–H groups in total. The second-order valence-corrected chi connectivity index (χ2v) is 9.67. The van der Waals surface area contributed by atoms with Crippen LogP contribution in [0.3, 0.4) is 0 Å². The molecule has 30 heavy (non-hydrogen) atoms. The van der Waals surface area contributed by atoms with Crippen LogP contribution in [0.5, 0.6) is 0 Å². The summed E-state index contributed by atoms with van der Waals surface area (Å²) < 4.78 is 3.50. The van der Waals surface area contributed by atoms with Gasteiger partial charge in [0.2, 0.25) is 0 Å². The Balaban J connectivity index is 1.33. The van der Waals surface area contributed by atoms with Crippen LogP contribution in [0.1, 0.15) is 23.5 Å². The Kier molecular flexibility index (Phi) is 4.36. The van der Waals surface area contributed by atoms with Crippen molar-refractivity contribution in [3.63, 3.8) is 0 Å². The maximum atomic E-state index is 4.66. The zero-order valence-corrected chi connectivity index (χ0v) is 18.6. The van der Waals surface area contributed by atoms with Crippen molar-refractivity contribution in [3.05, 3.63) is 76.7 Å². The van der Waals surface area contributed by atoms with Gasteiger partial charge in [0.1, 0.15) is 5.82 Å². The molecule has 2 aromatic carbocycles. The maximum absolute atomic E-state index is 4.66. The van der Waals surface area contributed by atoms with E-state index in [1.165, 1.54) is 34.0 Å². The van der Waals surface area contributed by atoms with Gasteiger partial charge in [-0.3, -0.25) is 0 Å². The second-order valence-electron chi connectivity index (χ2n) is 8.88. The largest absolute Gasteiger partial charge is 0.349 e. The van der Waals surface area contributed by atoms with Crippen LogP contribution in [0.25, 0.3) is 22.3 Å². The van der Waals surface area contributed by atoms with Crippen LogP contribution in [0.4, 0.5) is 0 Å². The Hall–Kier alpha value is -2.37. The molecule has 3 unspecified atom stereocenters. The van der Waals surface area contributed by atoms with Gasteiger partial charge in [0.25, 0.3) is 0 Å². The summed E-state index contributed by atoms with van der Waals surface area (Å²) in [5.41, 5.74) is 5.42. The van der Waals surface area contributed by atoms with Crippen LogP contribution in [0.2, 0.25) is 0 Å². The fourth-order valence-corrected chi connectivity index (χ4v) is 6.39. The number of likely N-dealkylation sites (N-methyl/N-ethyl adjacent to an activating group) is 1. The van der Waals surface area contributed by atoms with Gasteiger partial charge in [0.15, 0.2) is 0 Å². The highest BCUT2D eigenvalue weighted by atomic mass is 79.9. The average molecular weight is 461 g/mol. The maximum Gasteiger partial charge on any atom is 0.139 e. The van der Waals surface area contributed by atoms with Gasteiger partial charge in [-0.25, -0.2) is 4.98 Å². The third kappa shape index (κ3) is 2.87. The smallest absolute Gasteiger partial charge is 0.139 e. The first-order valence-corrected chi connectivity index (χ1v) is 11.5. The van der Waals surface area contributed by atoms with Crippen molar-refractivity contribution in [1.29, 1.82) is 0 Å². The van der Waals surface area contributed by atoms with E-state index < -0.39 is 0 Å². The minimum absolute atomic E-state index is 0.572. The molecule has 0 bridgehead atoms. The van der Waals surface area contributed by atoms with Crippen molar-refractivity contribution in [2.45, 2.75) is 31.3 Å². The van der Waals surface area contributed by atoms with E-state index in [1.807, 2.05) is 6.20 Å². The molecule has 2 aromatic heterocycles. The molecule has 3 heterocycles. The van der Waals surface area contributed by atoms with Gasteiger partial charge in [0.05, 0.1) is 4.60 Å². The normalized spacial score (nSPS) is 23.6. The molecule has 5 heteroatoms. The third-order valence-corrected chi connectivity index (χ3v) is 7.76. The van der Waals surface area contributed by atoms with E-state index in [1.54, 1.807) is 0 Å². The Morgan fingerprint density at radius 3 is 2.87 bits per heavy atom. The van der Waals surface area contributed by atoms with E-state index in [-0.39, 0.29) is 0 Å². The highest BCUT2D eigenvalue weighted by Crippen LogP contribution is 2.46. The Morgan fingerprint density at radius 1 is 1.13 bits per heavy atom. The molecule has 152 valence electrons. The topological polar surface area (TPSA) is 36.9 Å². The molecule has 2 aliphatic rings. The van der Waals surface area contributed by atoms with Crippen LogP contribution >= 0.6 is 15.9 Å². The van der Waals surface area contributed by atoms with E-state index in [9.17, 15) is 0 Å². The molecule has 6 rings (SSSR count). The number of hydrogen-bond donors (Lipinski definition) is 1. The van der Waals surface area contributed by atoms with Gasteiger partial charge in [0, 0.05) is 53.9 Å². The Labute approximate surface area is 185 Å². The number of likely N-dealkylation sites (tertiary alicyclic amines) is 1. The van der Waals surface area contributed by atoms with Crippen LogP contribution in [-0.4, -0.2) is 39.1 Å². The van der Waals surface area contributed by atoms with Gasteiger partial charge in [-0.15, -0.1) is 0 Å². The first-order chi connectivity index (χ1) is 14.7. The number of fused-ring (bicyclic) bond motifs is 2. The predicted molar refractivity (Wildman–Crippen MR) is 125 cm³/mol. The molecule has 1 saturated heterocycles. The number of nitrogens with zero attached hydrogens (tertiary/aromatic N) is 3. The summed E-state index contributed by atoms with van der Waals surface area (Å²) >= 11 is 3.77. The monoisotopic (exact) mass is 460 g/mol. The lowest BCUT2D eigenvalue weighted by atomic mass is 9.72. The summed E-state index contributed by atoms with van der Waals surface area (Å²) in [6.07, 6.45) is 6.41. The first kappa shape index (κ1) is 18.4. The summed E-state index contributed by atoms with van der Waals surface area (Å²) in [4.78, 5) is 10.8. The molecule has 0 amide bonds. The van der Waals surface area contributed by atoms with Crippen LogP contribution in [0.15, 0.2) is 65.5 Å². The van der Waals surface area contributed by atoms with E-state index in [0.717, 1.165) is 29.9 Å². The number of aromatic amines is 1. The number of aromatic nitrogens is 3. The molecule has 1 fully saturated rings. The number of hydrogen-bond acceptors (Lipinski definition) is 2. The SMILES string of the molecule is CN1CC(Cn2ccnc2-c2ccccc2)CC2c3cccc4[nH]c(Br)c(c34)CC21. The summed E-state index contributed by atoms with van der Waals surface area (Å²) in [7, 11) is 2.31. The third-order valence-electron chi connectivity index (χ3n) is 7.09. The highest BCUT2D eigenvalue weighted by Gasteiger charge is 2.40. The number of nitrogens with one attached hydrogen (secondary N) is 1. The standard InChI is InChI=1S/C25H25BrN4/c1-29-14-16(15-30-11-10-27-25(30)17-6-3-2-4-7-17)12-19-18-8-5-9-21-23(18)20(13-22(19)29)24(26)28-21/h2-11,16,19,22,28H,12-15H2,1H3. The van der Waals surface area contributed by atoms with E-state index in [2.05, 4.69) is 97.1 Å². The van der Waals surface area contributed by atoms with Crippen molar-refractivity contribution in [1.82, 2.24) is 19.4 Å². The number of piperidine rings is 1. The lowest BCUT2D eigenvalue weighted by molar-refractivity contribution is 0.104. The highest BCUT2D eigenvalue weighted by molar-refractivity contribution is 9.10. The molecular formula is C25H25BrN4. The van der Waals surface area contributed by atoms with E-state index in [4.69, 9.17) is 0 Å². The Morgan fingerprint density at radius 2 is 2.00 bits per heavy atom. The number of rotatable bonds is 3. The van der Waals surface area contributed by atoms with Gasteiger partial charge in [-0.05, 0) is 58.9 Å². The molecule has 4 nitrogen and oxygen atoms in total. The van der Waals surface area contributed by atoms with Crippen molar-refractivity contribution >= 4 is 26.8 Å². The lowest BCUT2D eigenvalue weighted by Gasteiger charge is -2.45. The average Bonchev–Trinajstić information content (AvgIpc) is 3.35. The second kappa shape index (κ2) is 7.10. The minimum atomic E-state index is 0.572. The van der Waals surface area contributed by atoms with Gasteiger partial charge < -0.3 is 14.5 Å². The fraction of sp³-hybridized carbons (Fsp3) is 0.320. The summed E-state index contributed by atoms with van der Waals surface area (Å²) in [6.45, 7) is 2.14. The summed E-state index contributed by atoms with van der Waals surface area (Å²) in [6, 6.07) is 17.9. The molecule has 1 aliphatic heterocycles. The Bertz CT molecular complexity index is 1210. The fourth-order valence-electron chi connectivity index (χ4n) is 5.81. The zero-order chi connectivity index (χ0) is 20.2. The minimum Gasteiger partial charge on any atom is -0.349 e. The van der Waals surface area contributed by atoms with Crippen molar-refractivity contribution < 1.29 is 0 Å². The van der Waals surface area contributed by atoms with E-state index in [0.29, 0.717) is 17.9 Å². The van der Waals surface area contributed by atoms with Crippen molar-refractivity contribution in [2.75, 3.05) is 13.6 Å². The van der Waals surface area contributed by atoms with Crippen molar-refractivity contribution in [3.8, 4) is 11.4 Å². The van der Waals surface area contributed by atoms with Gasteiger partial charge in [-0.2, -0.15) is 0 Å². The van der Waals surface area contributed by atoms with Crippen LogP contribution in [-0.2, 0) is 13.0 Å². The number of imidazole rings is 1. The van der Waals surface area contributed by atoms with Gasteiger partial charge >= 0.3 is 0 Å². The van der Waals surface area contributed by atoms with Gasteiger partial charge in [-0.1, -0.05) is 42.5 Å². The van der Waals surface area contributed by atoms with Crippen molar-refractivity contribution in [2.24, 2.45) is 5.92 Å². The number of H-pyrrole nitrogens is 1. The number of benzene rings is 2. The molecule has 0 radical (unpaired) electrons. The molecule has 4 aromatic rings. The van der Waals surface area contributed by atoms with Crippen LogP contribution < -0.4 is 0 Å². The lowest BCUT2D eigenvalue weighted by Crippen LogP contribution is -2.48. The molecular weight excluding hydrogens is 436 g/mol. The van der Waals surface area contributed by atoms with E-state index >= 15 is 0 Å². The zero-order valence-electron chi connectivity index (χ0n) is 17.1. The van der Waals surface area contributed by atoms with Crippen LogP contribution in [0, 0.1) is 5.92 Å². The summed E-state index contributed by atoms with van der Waals surface area (Å²) in [5.74, 6) is 2.26. The summed E-state index contributed by atoms with van der Waals surface area (Å²) in [5, 5.41) is 1.45.